The molecule has 1 unspecified atom stereocenters. The molecule has 0 aromatic carbocycles. The Morgan fingerprint density at radius 2 is 2.09 bits per heavy atom. The first-order chi connectivity index (χ1) is 4.98. The van der Waals surface area contributed by atoms with E-state index in [9.17, 15) is 4.57 Å². The lowest BCUT2D eigenvalue weighted by atomic mass is 10.0. The molecule has 3 nitrogen and oxygen atoms in total. The molecule has 0 radical (unpaired) electrons. The summed E-state index contributed by atoms with van der Waals surface area (Å²) in [4.78, 5) is 8.51. The van der Waals surface area contributed by atoms with Gasteiger partial charge in [-0.2, -0.15) is 0 Å². The molecule has 0 aromatic heterocycles. The molecule has 0 spiro atoms. The largest absolute Gasteiger partial charge is 0.326 e. The summed E-state index contributed by atoms with van der Waals surface area (Å²) in [5, 5.41) is 0. The normalized spacial score (nSPS) is 14.9. The summed E-state index contributed by atoms with van der Waals surface area (Å²) in [5.74, 6) is 0. The van der Waals surface area contributed by atoms with Gasteiger partial charge in [0.15, 0.2) is 0 Å². The highest BCUT2D eigenvalue weighted by atomic mass is 31.1. The Hall–Kier alpha value is 0.150. The molecule has 11 heavy (non-hydrogen) atoms. The fourth-order valence-corrected chi connectivity index (χ4v) is 1.46. The summed E-state index contributed by atoms with van der Waals surface area (Å²) >= 11 is 0. The maximum Gasteiger partial charge on any atom is 0.317 e. The van der Waals surface area contributed by atoms with Crippen molar-refractivity contribution in [2.24, 2.45) is 0 Å². The van der Waals surface area contributed by atoms with Crippen LogP contribution in [0.3, 0.4) is 0 Å². The lowest BCUT2D eigenvalue weighted by Crippen LogP contribution is -2.20. The van der Waals surface area contributed by atoms with Crippen molar-refractivity contribution in [2.45, 2.75) is 45.6 Å². The van der Waals surface area contributed by atoms with Gasteiger partial charge >= 0.3 is 8.25 Å². The average Bonchev–Trinajstić information content (AvgIpc) is 1.81. The van der Waals surface area contributed by atoms with E-state index in [0.29, 0.717) is 0 Å². The fraction of sp³-hybridized carbons (Fsp3) is 1.00. The number of rotatable bonds is 5. The summed E-state index contributed by atoms with van der Waals surface area (Å²) in [6, 6.07) is 0. The minimum Gasteiger partial charge on any atom is -0.326 e. The molecule has 0 saturated carbocycles. The SMILES string of the molecule is CCCCC(C)(C)O[PH](=O)O. The quantitative estimate of drug-likeness (QED) is 0.660. The van der Waals surface area contributed by atoms with Gasteiger partial charge in [0, 0.05) is 0 Å². The van der Waals surface area contributed by atoms with Crippen LogP contribution in [0.15, 0.2) is 0 Å². The topological polar surface area (TPSA) is 46.5 Å². The van der Waals surface area contributed by atoms with Crippen LogP contribution in [0.4, 0.5) is 0 Å². The maximum atomic E-state index is 10.3. The van der Waals surface area contributed by atoms with E-state index in [2.05, 4.69) is 6.92 Å². The van der Waals surface area contributed by atoms with E-state index in [1.807, 2.05) is 13.8 Å². The van der Waals surface area contributed by atoms with Crippen molar-refractivity contribution in [1.29, 1.82) is 0 Å². The summed E-state index contributed by atoms with van der Waals surface area (Å²) < 4.78 is 15.2. The molecule has 4 heteroatoms. The Morgan fingerprint density at radius 1 is 1.55 bits per heavy atom. The van der Waals surface area contributed by atoms with E-state index in [4.69, 9.17) is 9.42 Å². The van der Waals surface area contributed by atoms with Crippen molar-refractivity contribution in [3.63, 3.8) is 0 Å². The minimum absolute atomic E-state index is 0.444. The van der Waals surface area contributed by atoms with E-state index < -0.39 is 13.9 Å². The highest BCUT2D eigenvalue weighted by molar-refractivity contribution is 7.32. The van der Waals surface area contributed by atoms with Gasteiger partial charge in [0.25, 0.3) is 0 Å². The predicted octanol–water partition coefficient (Wildman–Crippen LogP) is 2.35. The van der Waals surface area contributed by atoms with Gasteiger partial charge in [-0.25, -0.2) is 0 Å². The Bertz CT molecular complexity index is 134. The van der Waals surface area contributed by atoms with E-state index in [0.717, 1.165) is 19.3 Å². The Labute approximate surface area is 68.7 Å². The molecule has 1 N–H and O–H groups in total. The molecule has 0 aliphatic rings. The second-order valence-corrected chi connectivity index (χ2v) is 3.97. The van der Waals surface area contributed by atoms with Gasteiger partial charge in [0.1, 0.15) is 0 Å². The zero-order valence-corrected chi connectivity index (χ0v) is 8.39. The second-order valence-electron chi connectivity index (χ2n) is 3.23. The molecule has 0 saturated heterocycles. The van der Waals surface area contributed by atoms with Gasteiger partial charge < -0.3 is 9.42 Å². The van der Waals surface area contributed by atoms with Gasteiger partial charge in [0.2, 0.25) is 0 Å². The van der Waals surface area contributed by atoms with E-state index in [1.54, 1.807) is 0 Å². The lowest BCUT2D eigenvalue weighted by molar-refractivity contribution is 0.0916. The zero-order valence-electron chi connectivity index (χ0n) is 7.39. The van der Waals surface area contributed by atoms with Crippen LogP contribution >= 0.6 is 8.25 Å². The predicted molar refractivity (Wildman–Crippen MR) is 45.9 cm³/mol. The molecule has 1 atom stereocenters. The summed E-state index contributed by atoms with van der Waals surface area (Å²) in [6.45, 7) is 5.75. The van der Waals surface area contributed by atoms with Crippen LogP contribution in [-0.4, -0.2) is 10.5 Å². The molecule has 0 amide bonds. The summed E-state index contributed by atoms with van der Waals surface area (Å²) in [5.41, 5.74) is -0.444. The van der Waals surface area contributed by atoms with E-state index in [1.165, 1.54) is 0 Å². The Morgan fingerprint density at radius 3 is 2.45 bits per heavy atom. The van der Waals surface area contributed by atoms with Crippen molar-refractivity contribution in [3.8, 4) is 0 Å². The molecular formula is C7H17O3P. The monoisotopic (exact) mass is 180 g/mol. The maximum absolute atomic E-state index is 10.3. The molecule has 0 aromatic rings. The van der Waals surface area contributed by atoms with Gasteiger partial charge in [-0.3, -0.25) is 4.57 Å². The van der Waals surface area contributed by atoms with Gasteiger partial charge in [-0.15, -0.1) is 0 Å². The van der Waals surface area contributed by atoms with Crippen molar-refractivity contribution in [2.75, 3.05) is 0 Å². The third kappa shape index (κ3) is 6.54. The molecule has 0 aliphatic carbocycles. The van der Waals surface area contributed by atoms with Gasteiger partial charge in [0.05, 0.1) is 5.60 Å². The van der Waals surface area contributed by atoms with Gasteiger partial charge in [-0.1, -0.05) is 19.8 Å². The van der Waals surface area contributed by atoms with Crippen molar-refractivity contribution >= 4 is 8.25 Å². The first-order valence-electron chi connectivity index (χ1n) is 3.90. The summed E-state index contributed by atoms with van der Waals surface area (Å²) in [7, 11) is -2.77. The van der Waals surface area contributed by atoms with Crippen molar-refractivity contribution < 1.29 is 14.0 Å². The van der Waals surface area contributed by atoms with E-state index >= 15 is 0 Å². The Kier molecular flexibility index (Phi) is 4.98. The highest BCUT2D eigenvalue weighted by Crippen LogP contribution is 2.29. The second kappa shape index (κ2) is 4.91. The third-order valence-corrected chi connectivity index (χ3v) is 2.22. The zero-order chi connectivity index (χ0) is 8.91. The third-order valence-electron chi connectivity index (χ3n) is 1.50. The van der Waals surface area contributed by atoms with Crippen LogP contribution in [-0.2, 0) is 9.09 Å². The molecule has 68 valence electrons. The number of hydrogen-bond donors (Lipinski definition) is 1. The van der Waals surface area contributed by atoms with Crippen LogP contribution in [0.2, 0.25) is 0 Å². The minimum atomic E-state index is -2.77. The first kappa shape index (κ1) is 11.2. The first-order valence-corrected chi connectivity index (χ1v) is 5.16. The molecule has 0 bridgehead atoms. The highest BCUT2D eigenvalue weighted by Gasteiger charge is 2.19. The molecule has 0 rings (SSSR count). The molecule has 0 aliphatic heterocycles. The smallest absolute Gasteiger partial charge is 0.317 e. The van der Waals surface area contributed by atoms with Crippen LogP contribution < -0.4 is 0 Å². The Balaban J connectivity index is 3.70. The standard InChI is InChI=1S/C7H17O3P/c1-4-5-6-7(2,3)10-11(8)9/h11H,4-6H2,1-3H3,(H,8,9). The van der Waals surface area contributed by atoms with Crippen LogP contribution in [0.25, 0.3) is 0 Å². The fourth-order valence-electron chi connectivity index (χ4n) is 0.890. The van der Waals surface area contributed by atoms with Gasteiger partial charge in [-0.05, 0) is 20.3 Å². The lowest BCUT2D eigenvalue weighted by Gasteiger charge is -2.22. The summed E-state index contributed by atoms with van der Waals surface area (Å²) in [6.07, 6.45) is 2.95. The van der Waals surface area contributed by atoms with E-state index in [-0.39, 0.29) is 0 Å². The number of unbranched alkanes of at least 4 members (excludes halogenated alkanes) is 1. The van der Waals surface area contributed by atoms with Crippen molar-refractivity contribution in [3.05, 3.63) is 0 Å². The van der Waals surface area contributed by atoms with Crippen LogP contribution in [0, 0.1) is 0 Å². The molecule has 0 fully saturated rings. The van der Waals surface area contributed by atoms with Crippen LogP contribution in [0.1, 0.15) is 40.0 Å². The van der Waals surface area contributed by atoms with Crippen LogP contribution in [0.5, 0.6) is 0 Å². The van der Waals surface area contributed by atoms with Crippen molar-refractivity contribution in [1.82, 2.24) is 0 Å². The molecule has 0 heterocycles. The number of hydrogen-bond acceptors (Lipinski definition) is 2. The average molecular weight is 180 g/mol. The molecular weight excluding hydrogens is 163 g/mol.